The third-order valence-corrected chi connectivity index (χ3v) is 3.73. The van der Waals surface area contributed by atoms with Gasteiger partial charge >= 0.3 is 0 Å². The van der Waals surface area contributed by atoms with Crippen LogP contribution in [0, 0.1) is 6.92 Å². The molecule has 2 rings (SSSR count). The van der Waals surface area contributed by atoms with Gasteiger partial charge in [-0.05, 0) is 43.4 Å². The van der Waals surface area contributed by atoms with Crippen LogP contribution >= 0.6 is 0 Å². The van der Waals surface area contributed by atoms with E-state index >= 15 is 0 Å². The maximum Gasteiger partial charge on any atom is 0.246 e. The number of hydrogen-bond acceptors (Lipinski definition) is 2. The van der Waals surface area contributed by atoms with Gasteiger partial charge in [0.2, 0.25) is 5.91 Å². The van der Waals surface area contributed by atoms with Crippen LogP contribution in [0.5, 0.6) is 0 Å². The van der Waals surface area contributed by atoms with Gasteiger partial charge in [-0.1, -0.05) is 24.3 Å². The lowest BCUT2D eigenvalue weighted by Crippen LogP contribution is -2.44. The smallest absolute Gasteiger partial charge is 0.246 e. The Bertz CT molecular complexity index is 464. The molecule has 102 valence electrons. The summed E-state index contributed by atoms with van der Waals surface area (Å²) < 4.78 is 0. The van der Waals surface area contributed by atoms with Crippen molar-refractivity contribution in [2.24, 2.45) is 0 Å². The third kappa shape index (κ3) is 3.44. The molecule has 0 spiro atoms. The maximum absolute atomic E-state index is 12.2. The largest absolute Gasteiger partial charge is 0.395 e. The van der Waals surface area contributed by atoms with E-state index in [0.717, 1.165) is 24.0 Å². The first-order valence-electron chi connectivity index (χ1n) is 6.87. The molecule has 0 bridgehead atoms. The second-order valence-corrected chi connectivity index (χ2v) is 5.03. The number of hydrogen-bond donors (Lipinski definition) is 1. The van der Waals surface area contributed by atoms with Gasteiger partial charge < -0.3 is 10.0 Å². The molecule has 0 atom stereocenters. The number of aliphatic hydroxyl groups excluding tert-OH is 1. The Balaban J connectivity index is 2.04. The minimum Gasteiger partial charge on any atom is -0.395 e. The number of aryl methyl sites for hydroxylation is 1. The van der Waals surface area contributed by atoms with Crippen LogP contribution in [0.2, 0.25) is 0 Å². The van der Waals surface area contributed by atoms with E-state index < -0.39 is 0 Å². The molecule has 19 heavy (non-hydrogen) atoms. The molecule has 0 heterocycles. The molecule has 3 heteroatoms. The number of amides is 1. The van der Waals surface area contributed by atoms with Crippen LogP contribution in [0.1, 0.15) is 30.4 Å². The number of carbonyl (C=O) groups is 1. The van der Waals surface area contributed by atoms with Crippen LogP contribution in [0.15, 0.2) is 30.3 Å². The highest BCUT2D eigenvalue weighted by Gasteiger charge is 2.26. The number of aliphatic hydroxyl groups is 1. The van der Waals surface area contributed by atoms with E-state index in [4.69, 9.17) is 5.11 Å². The van der Waals surface area contributed by atoms with Crippen LogP contribution in [0.25, 0.3) is 6.08 Å². The first-order valence-corrected chi connectivity index (χ1v) is 6.87. The Hall–Kier alpha value is -1.61. The monoisotopic (exact) mass is 259 g/mol. The molecule has 1 aliphatic carbocycles. The van der Waals surface area contributed by atoms with Crippen molar-refractivity contribution in [1.29, 1.82) is 0 Å². The van der Waals surface area contributed by atoms with Gasteiger partial charge in [0.25, 0.3) is 0 Å². The van der Waals surface area contributed by atoms with Gasteiger partial charge in [0, 0.05) is 18.7 Å². The Kier molecular flexibility index (Phi) is 4.74. The van der Waals surface area contributed by atoms with E-state index in [9.17, 15) is 4.79 Å². The van der Waals surface area contributed by atoms with Crippen LogP contribution in [0.4, 0.5) is 0 Å². The van der Waals surface area contributed by atoms with Crippen molar-refractivity contribution in [3.8, 4) is 0 Å². The average Bonchev–Trinajstić information content (AvgIpc) is 2.35. The lowest BCUT2D eigenvalue weighted by atomic mass is 9.91. The molecular weight excluding hydrogens is 238 g/mol. The van der Waals surface area contributed by atoms with Gasteiger partial charge in [-0.15, -0.1) is 0 Å². The van der Waals surface area contributed by atoms with E-state index in [1.165, 1.54) is 6.42 Å². The minimum absolute atomic E-state index is 0.00185. The predicted molar refractivity (Wildman–Crippen MR) is 76.7 cm³/mol. The molecule has 1 aromatic carbocycles. The molecule has 1 N–H and O–H groups in total. The topological polar surface area (TPSA) is 40.5 Å². The summed E-state index contributed by atoms with van der Waals surface area (Å²) in [5.74, 6) is 0.00185. The summed E-state index contributed by atoms with van der Waals surface area (Å²) in [4.78, 5) is 14.0. The van der Waals surface area contributed by atoms with Crippen LogP contribution in [0.3, 0.4) is 0 Å². The van der Waals surface area contributed by atoms with Crippen LogP contribution in [-0.4, -0.2) is 35.1 Å². The molecule has 0 unspecified atom stereocenters. The van der Waals surface area contributed by atoms with E-state index in [1.54, 1.807) is 11.0 Å². The highest BCUT2D eigenvalue weighted by Crippen LogP contribution is 2.24. The summed E-state index contributed by atoms with van der Waals surface area (Å²) in [5, 5.41) is 9.07. The first kappa shape index (κ1) is 13.8. The van der Waals surface area contributed by atoms with Gasteiger partial charge in [0.05, 0.1) is 6.61 Å². The van der Waals surface area contributed by atoms with Crippen LogP contribution < -0.4 is 0 Å². The molecule has 0 aliphatic heterocycles. The molecule has 1 amide bonds. The van der Waals surface area contributed by atoms with Crippen molar-refractivity contribution in [3.63, 3.8) is 0 Å². The Morgan fingerprint density at radius 1 is 1.42 bits per heavy atom. The van der Waals surface area contributed by atoms with Gasteiger partial charge in [-0.2, -0.15) is 0 Å². The Morgan fingerprint density at radius 3 is 2.74 bits per heavy atom. The van der Waals surface area contributed by atoms with Crippen molar-refractivity contribution in [1.82, 2.24) is 4.90 Å². The zero-order chi connectivity index (χ0) is 13.7. The van der Waals surface area contributed by atoms with E-state index in [2.05, 4.69) is 0 Å². The predicted octanol–water partition coefficient (Wildman–Crippen LogP) is 2.38. The fraction of sp³-hybridized carbons (Fsp3) is 0.438. The molecule has 1 aromatic rings. The van der Waals surface area contributed by atoms with Crippen molar-refractivity contribution in [3.05, 3.63) is 41.5 Å². The summed E-state index contributed by atoms with van der Waals surface area (Å²) in [7, 11) is 0. The molecule has 0 aromatic heterocycles. The second-order valence-electron chi connectivity index (χ2n) is 5.03. The van der Waals surface area contributed by atoms with Crippen molar-refractivity contribution in [2.45, 2.75) is 32.2 Å². The van der Waals surface area contributed by atoms with E-state index in [1.807, 2.05) is 37.3 Å². The number of benzene rings is 1. The maximum atomic E-state index is 12.2. The summed E-state index contributed by atoms with van der Waals surface area (Å²) in [6, 6.07) is 8.30. The van der Waals surface area contributed by atoms with Crippen molar-refractivity contribution in [2.75, 3.05) is 13.2 Å². The molecule has 1 fully saturated rings. The summed E-state index contributed by atoms with van der Waals surface area (Å²) >= 11 is 0. The summed E-state index contributed by atoms with van der Waals surface area (Å²) in [6.07, 6.45) is 6.78. The molecule has 3 nitrogen and oxygen atoms in total. The Morgan fingerprint density at radius 2 is 2.16 bits per heavy atom. The zero-order valence-electron chi connectivity index (χ0n) is 11.4. The first-order chi connectivity index (χ1) is 9.22. The van der Waals surface area contributed by atoms with Gasteiger partial charge in [-0.3, -0.25) is 4.79 Å². The van der Waals surface area contributed by atoms with Crippen LogP contribution in [-0.2, 0) is 4.79 Å². The third-order valence-electron chi connectivity index (χ3n) is 3.73. The number of carbonyl (C=O) groups excluding carboxylic acids is 1. The molecule has 1 saturated carbocycles. The van der Waals surface area contributed by atoms with Gasteiger partial charge in [-0.25, -0.2) is 0 Å². The molecule has 0 saturated heterocycles. The second kappa shape index (κ2) is 6.53. The van der Waals surface area contributed by atoms with Gasteiger partial charge in [0.1, 0.15) is 0 Å². The Labute approximate surface area is 114 Å². The lowest BCUT2D eigenvalue weighted by molar-refractivity contribution is -0.130. The normalized spacial score (nSPS) is 15.5. The molecule has 1 aliphatic rings. The highest BCUT2D eigenvalue weighted by molar-refractivity contribution is 5.92. The van der Waals surface area contributed by atoms with E-state index in [-0.39, 0.29) is 12.5 Å². The summed E-state index contributed by atoms with van der Waals surface area (Å²) in [5.41, 5.74) is 2.22. The number of nitrogens with zero attached hydrogens (tertiary/aromatic N) is 1. The lowest BCUT2D eigenvalue weighted by Gasteiger charge is -2.36. The highest BCUT2D eigenvalue weighted by atomic mass is 16.3. The fourth-order valence-electron chi connectivity index (χ4n) is 2.31. The zero-order valence-corrected chi connectivity index (χ0v) is 11.4. The quantitative estimate of drug-likeness (QED) is 0.825. The SMILES string of the molecule is Cc1ccccc1/C=C/C(=O)N(CCO)C1CCC1. The summed E-state index contributed by atoms with van der Waals surface area (Å²) in [6.45, 7) is 2.49. The number of rotatable bonds is 5. The van der Waals surface area contributed by atoms with E-state index in [0.29, 0.717) is 12.6 Å². The standard InChI is InChI=1S/C16H21NO2/c1-13-5-2-3-6-14(13)9-10-16(19)17(11-12-18)15-7-4-8-15/h2-3,5-6,9-10,15,18H,4,7-8,11-12H2,1H3/b10-9+. The van der Waals surface area contributed by atoms with Crippen molar-refractivity contribution < 1.29 is 9.90 Å². The molecular formula is C16H21NO2. The van der Waals surface area contributed by atoms with Gasteiger partial charge in [0.15, 0.2) is 0 Å². The minimum atomic E-state index is 0.00185. The molecule has 0 radical (unpaired) electrons. The van der Waals surface area contributed by atoms with Crippen molar-refractivity contribution >= 4 is 12.0 Å². The average molecular weight is 259 g/mol. The fourth-order valence-corrected chi connectivity index (χ4v) is 2.31.